The van der Waals surface area contributed by atoms with E-state index in [1.165, 1.54) is 0 Å². The van der Waals surface area contributed by atoms with Crippen molar-refractivity contribution in [1.82, 2.24) is 14.7 Å². The van der Waals surface area contributed by atoms with Gasteiger partial charge in [0, 0.05) is 5.92 Å². The van der Waals surface area contributed by atoms with Crippen LogP contribution < -0.4 is 4.74 Å². The molecule has 1 aliphatic carbocycles. The van der Waals surface area contributed by atoms with Crippen LogP contribution in [0.25, 0.3) is 5.69 Å². The summed E-state index contributed by atoms with van der Waals surface area (Å²) in [6.07, 6.45) is 4.65. The number of carbonyl (C=O) groups is 1. The lowest BCUT2D eigenvalue weighted by atomic mass is 9.84. The molecule has 168 valence electrons. The van der Waals surface area contributed by atoms with Gasteiger partial charge in [0.2, 0.25) is 11.8 Å². The Labute approximate surface area is 193 Å². The average molecular weight is 442 g/mol. The third kappa shape index (κ3) is 4.55. The van der Waals surface area contributed by atoms with Crippen molar-refractivity contribution in [2.24, 2.45) is 5.92 Å². The number of aryl methyl sites for hydroxylation is 1. The highest BCUT2D eigenvalue weighted by atomic mass is 16.5. The zero-order valence-electron chi connectivity index (χ0n) is 18.7. The quantitative estimate of drug-likeness (QED) is 0.342. The summed E-state index contributed by atoms with van der Waals surface area (Å²) in [5.41, 5.74) is 2.62. The van der Waals surface area contributed by atoms with E-state index in [0.717, 1.165) is 47.7 Å². The summed E-state index contributed by atoms with van der Waals surface area (Å²) in [6.45, 7) is 2.78. The van der Waals surface area contributed by atoms with Crippen LogP contribution in [-0.4, -0.2) is 20.6 Å². The molecule has 0 saturated heterocycles. The second-order valence-electron chi connectivity index (χ2n) is 8.43. The highest BCUT2D eigenvalue weighted by Gasteiger charge is 2.32. The van der Waals surface area contributed by atoms with Crippen molar-refractivity contribution in [3.8, 4) is 17.3 Å². The van der Waals surface area contributed by atoms with Crippen LogP contribution in [-0.2, 0) is 17.9 Å². The lowest BCUT2D eigenvalue weighted by Gasteiger charge is -2.31. The molecule has 1 saturated carbocycles. The second kappa shape index (κ2) is 9.36. The van der Waals surface area contributed by atoms with E-state index in [1.54, 1.807) is 6.26 Å². The van der Waals surface area contributed by atoms with Gasteiger partial charge in [0.05, 0.1) is 36.3 Å². The minimum Gasteiger partial charge on any atom is -0.467 e. The maximum absolute atomic E-state index is 13.3. The predicted octanol–water partition coefficient (Wildman–Crippen LogP) is 5.89. The Kier molecular flexibility index (Phi) is 5.98. The molecule has 1 amide bonds. The van der Waals surface area contributed by atoms with Gasteiger partial charge in [0.25, 0.3) is 0 Å². The van der Waals surface area contributed by atoms with Crippen LogP contribution in [0.15, 0.2) is 83.5 Å². The molecule has 0 spiro atoms. The number of hydrogen-bond acceptors (Lipinski definition) is 4. The van der Waals surface area contributed by atoms with Crippen molar-refractivity contribution < 1.29 is 13.9 Å². The largest absolute Gasteiger partial charge is 0.467 e. The van der Waals surface area contributed by atoms with Gasteiger partial charge in [-0.25, -0.2) is 4.68 Å². The van der Waals surface area contributed by atoms with E-state index in [4.69, 9.17) is 14.3 Å². The first kappa shape index (κ1) is 21.1. The first-order valence-corrected chi connectivity index (χ1v) is 11.4. The van der Waals surface area contributed by atoms with Crippen molar-refractivity contribution in [2.75, 3.05) is 0 Å². The molecule has 0 radical (unpaired) electrons. The summed E-state index contributed by atoms with van der Waals surface area (Å²) in [5, 5.41) is 4.80. The third-order valence-corrected chi connectivity index (χ3v) is 6.14. The molecule has 1 aliphatic rings. The SMILES string of the molecule is Cc1nn(-c2ccccc2)c(Oc2ccccc2)c1CN(Cc1ccco1)C(=O)C1CCC1. The van der Waals surface area contributed by atoms with Crippen LogP contribution in [0.4, 0.5) is 0 Å². The third-order valence-electron chi connectivity index (χ3n) is 6.14. The minimum atomic E-state index is 0.0860. The van der Waals surface area contributed by atoms with E-state index >= 15 is 0 Å². The summed E-state index contributed by atoms with van der Waals surface area (Å²) in [7, 11) is 0. The lowest BCUT2D eigenvalue weighted by molar-refractivity contribution is -0.139. The van der Waals surface area contributed by atoms with E-state index in [-0.39, 0.29) is 11.8 Å². The molecule has 33 heavy (non-hydrogen) atoms. The predicted molar refractivity (Wildman–Crippen MR) is 125 cm³/mol. The first-order valence-electron chi connectivity index (χ1n) is 11.4. The maximum atomic E-state index is 13.3. The van der Waals surface area contributed by atoms with Crippen LogP contribution in [0.3, 0.4) is 0 Å². The normalized spacial score (nSPS) is 13.5. The van der Waals surface area contributed by atoms with Gasteiger partial charge < -0.3 is 14.1 Å². The molecule has 4 aromatic rings. The van der Waals surface area contributed by atoms with E-state index in [9.17, 15) is 4.79 Å². The molecular formula is C27H27N3O3. The number of amides is 1. The van der Waals surface area contributed by atoms with Gasteiger partial charge in [-0.15, -0.1) is 0 Å². The molecule has 1 fully saturated rings. The van der Waals surface area contributed by atoms with Crippen LogP contribution in [0, 0.1) is 12.8 Å². The highest BCUT2D eigenvalue weighted by Crippen LogP contribution is 2.34. The molecule has 0 unspecified atom stereocenters. The number of furan rings is 1. The molecule has 5 rings (SSSR count). The summed E-state index contributed by atoms with van der Waals surface area (Å²) in [5.74, 6) is 2.36. The van der Waals surface area contributed by atoms with Gasteiger partial charge in [-0.05, 0) is 56.2 Å². The van der Waals surface area contributed by atoms with Crippen molar-refractivity contribution >= 4 is 5.91 Å². The minimum absolute atomic E-state index is 0.0860. The maximum Gasteiger partial charge on any atom is 0.227 e. The lowest BCUT2D eigenvalue weighted by Crippen LogP contribution is -2.38. The first-order chi connectivity index (χ1) is 16.2. The van der Waals surface area contributed by atoms with E-state index in [1.807, 2.05) is 89.3 Å². The summed E-state index contributed by atoms with van der Waals surface area (Å²) in [4.78, 5) is 15.2. The molecule has 0 atom stereocenters. The molecule has 2 aromatic carbocycles. The van der Waals surface area contributed by atoms with Gasteiger partial charge in [0.1, 0.15) is 11.5 Å². The molecule has 6 nitrogen and oxygen atoms in total. The summed E-state index contributed by atoms with van der Waals surface area (Å²) >= 11 is 0. The fourth-order valence-electron chi connectivity index (χ4n) is 4.08. The van der Waals surface area contributed by atoms with Crippen molar-refractivity contribution in [2.45, 2.75) is 39.3 Å². The number of aromatic nitrogens is 2. The molecule has 0 aliphatic heterocycles. The molecule has 2 heterocycles. The topological polar surface area (TPSA) is 60.5 Å². The Morgan fingerprint density at radius 3 is 2.39 bits per heavy atom. The number of rotatable bonds is 8. The van der Waals surface area contributed by atoms with Crippen molar-refractivity contribution in [3.63, 3.8) is 0 Å². The van der Waals surface area contributed by atoms with E-state index < -0.39 is 0 Å². The Balaban J connectivity index is 1.53. The zero-order chi connectivity index (χ0) is 22.6. The fraction of sp³-hybridized carbons (Fsp3) is 0.259. The molecule has 0 N–H and O–H groups in total. The Morgan fingerprint density at radius 1 is 1.03 bits per heavy atom. The Bertz CT molecular complexity index is 1200. The molecule has 2 aromatic heterocycles. The van der Waals surface area contributed by atoms with Gasteiger partial charge in [0.15, 0.2) is 0 Å². The van der Waals surface area contributed by atoms with Crippen molar-refractivity contribution in [3.05, 3.63) is 96.1 Å². The second-order valence-corrected chi connectivity index (χ2v) is 8.43. The number of ether oxygens (including phenoxy) is 1. The number of benzene rings is 2. The average Bonchev–Trinajstić information content (AvgIpc) is 3.42. The van der Waals surface area contributed by atoms with Gasteiger partial charge in [-0.1, -0.05) is 42.8 Å². The Hall–Kier alpha value is -3.80. The van der Waals surface area contributed by atoms with Gasteiger partial charge in [-0.2, -0.15) is 5.10 Å². The van der Waals surface area contributed by atoms with Crippen LogP contribution in [0.5, 0.6) is 11.6 Å². The molecular weight excluding hydrogens is 414 g/mol. The molecule has 6 heteroatoms. The summed E-state index contributed by atoms with van der Waals surface area (Å²) < 4.78 is 13.8. The summed E-state index contributed by atoms with van der Waals surface area (Å²) in [6, 6.07) is 23.3. The van der Waals surface area contributed by atoms with Crippen LogP contribution in [0.2, 0.25) is 0 Å². The van der Waals surface area contributed by atoms with Gasteiger partial charge >= 0.3 is 0 Å². The number of carbonyl (C=O) groups excluding carboxylic acids is 1. The van der Waals surface area contributed by atoms with Crippen molar-refractivity contribution in [1.29, 1.82) is 0 Å². The van der Waals surface area contributed by atoms with Crippen LogP contribution >= 0.6 is 0 Å². The van der Waals surface area contributed by atoms with Crippen LogP contribution in [0.1, 0.15) is 36.3 Å². The van der Waals surface area contributed by atoms with E-state index in [2.05, 4.69) is 0 Å². The number of para-hydroxylation sites is 2. The Morgan fingerprint density at radius 2 is 1.76 bits per heavy atom. The monoisotopic (exact) mass is 441 g/mol. The standard InChI is InChI=1S/C27H27N3O3/c1-20-25(19-29(18-24-16-9-17-32-24)26(31)21-10-8-11-21)27(33-23-14-6-3-7-15-23)30(28-20)22-12-4-2-5-13-22/h2-7,9,12-17,21H,8,10-11,18-19H2,1H3. The molecule has 0 bridgehead atoms. The zero-order valence-corrected chi connectivity index (χ0v) is 18.7. The van der Waals surface area contributed by atoms with Gasteiger partial charge in [-0.3, -0.25) is 4.79 Å². The smallest absolute Gasteiger partial charge is 0.227 e. The van der Waals surface area contributed by atoms with E-state index in [0.29, 0.717) is 19.0 Å². The highest BCUT2D eigenvalue weighted by molar-refractivity contribution is 5.79. The number of hydrogen-bond donors (Lipinski definition) is 0. The number of nitrogens with zero attached hydrogens (tertiary/aromatic N) is 3. The fourth-order valence-corrected chi connectivity index (χ4v) is 4.08.